The SMILES string of the molecule is NC[C@H]1CCCCN1C(=O)O. The maximum absolute atomic E-state index is 10.6. The van der Waals surface area contributed by atoms with Crippen LogP contribution in [0, 0.1) is 0 Å². The highest BCUT2D eigenvalue weighted by Gasteiger charge is 2.24. The zero-order valence-corrected chi connectivity index (χ0v) is 6.49. The summed E-state index contributed by atoms with van der Waals surface area (Å²) in [4.78, 5) is 12.0. The van der Waals surface area contributed by atoms with E-state index in [9.17, 15) is 4.79 Å². The summed E-state index contributed by atoms with van der Waals surface area (Å²) in [7, 11) is 0. The molecule has 0 aliphatic carbocycles. The number of hydrogen-bond donors (Lipinski definition) is 2. The molecule has 0 aromatic carbocycles. The van der Waals surface area contributed by atoms with E-state index in [1.54, 1.807) is 0 Å². The molecule has 1 atom stereocenters. The fourth-order valence-electron chi connectivity index (χ4n) is 1.50. The Bertz CT molecular complexity index is 149. The summed E-state index contributed by atoms with van der Waals surface area (Å²) in [6, 6.07) is 0.0567. The van der Waals surface area contributed by atoms with Crippen LogP contribution >= 0.6 is 0 Å². The molecule has 0 radical (unpaired) electrons. The molecule has 1 aliphatic heterocycles. The Kier molecular flexibility index (Phi) is 2.70. The van der Waals surface area contributed by atoms with Crippen LogP contribution in [0.25, 0.3) is 0 Å². The molecule has 11 heavy (non-hydrogen) atoms. The van der Waals surface area contributed by atoms with Crippen LogP contribution in [0.15, 0.2) is 0 Å². The fraction of sp³-hybridized carbons (Fsp3) is 0.857. The van der Waals surface area contributed by atoms with Gasteiger partial charge < -0.3 is 15.7 Å². The molecule has 0 bridgehead atoms. The van der Waals surface area contributed by atoms with Crippen LogP contribution in [-0.4, -0.2) is 35.2 Å². The summed E-state index contributed by atoms with van der Waals surface area (Å²) in [6.07, 6.45) is 2.16. The van der Waals surface area contributed by atoms with Crippen LogP contribution in [0.2, 0.25) is 0 Å². The second-order valence-corrected chi connectivity index (χ2v) is 2.86. The number of nitrogens with two attached hydrogens (primary N) is 1. The van der Waals surface area contributed by atoms with E-state index in [1.165, 1.54) is 4.90 Å². The quantitative estimate of drug-likeness (QED) is 0.583. The third-order valence-corrected chi connectivity index (χ3v) is 2.14. The molecule has 3 N–H and O–H groups in total. The van der Waals surface area contributed by atoms with Crippen LogP contribution in [0.5, 0.6) is 0 Å². The van der Waals surface area contributed by atoms with E-state index in [2.05, 4.69) is 0 Å². The third-order valence-electron chi connectivity index (χ3n) is 2.14. The monoisotopic (exact) mass is 158 g/mol. The summed E-state index contributed by atoms with van der Waals surface area (Å²) in [5.41, 5.74) is 5.43. The van der Waals surface area contributed by atoms with Gasteiger partial charge in [-0.2, -0.15) is 0 Å². The van der Waals surface area contributed by atoms with Crippen LogP contribution in [0.3, 0.4) is 0 Å². The predicted molar refractivity (Wildman–Crippen MR) is 41.4 cm³/mol. The second kappa shape index (κ2) is 3.57. The maximum Gasteiger partial charge on any atom is 0.407 e. The highest BCUT2D eigenvalue weighted by molar-refractivity contribution is 5.65. The highest BCUT2D eigenvalue weighted by atomic mass is 16.4. The Morgan fingerprint density at radius 3 is 2.82 bits per heavy atom. The molecule has 0 aromatic heterocycles. The Morgan fingerprint density at radius 1 is 1.64 bits per heavy atom. The van der Waals surface area contributed by atoms with Crippen molar-refractivity contribution in [2.24, 2.45) is 5.73 Å². The number of carboxylic acid groups (broad SMARTS) is 1. The van der Waals surface area contributed by atoms with Crippen molar-refractivity contribution in [1.29, 1.82) is 0 Å². The van der Waals surface area contributed by atoms with E-state index in [0.29, 0.717) is 13.1 Å². The summed E-state index contributed by atoms with van der Waals surface area (Å²) < 4.78 is 0. The van der Waals surface area contributed by atoms with Crippen molar-refractivity contribution in [3.63, 3.8) is 0 Å². The molecule has 4 nitrogen and oxygen atoms in total. The smallest absolute Gasteiger partial charge is 0.407 e. The Morgan fingerprint density at radius 2 is 2.36 bits per heavy atom. The molecular weight excluding hydrogens is 144 g/mol. The normalized spacial score (nSPS) is 25.2. The molecule has 0 unspecified atom stereocenters. The van der Waals surface area contributed by atoms with Crippen molar-refractivity contribution < 1.29 is 9.90 Å². The topological polar surface area (TPSA) is 66.6 Å². The average molecular weight is 158 g/mol. The molecule has 0 saturated carbocycles. The third kappa shape index (κ3) is 1.83. The molecule has 1 amide bonds. The molecule has 1 fully saturated rings. The molecule has 1 saturated heterocycles. The molecule has 0 aromatic rings. The van der Waals surface area contributed by atoms with Gasteiger partial charge in [-0.1, -0.05) is 0 Å². The molecule has 0 spiro atoms. The highest BCUT2D eigenvalue weighted by Crippen LogP contribution is 2.15. The standard InChI is InChI=1S/C7H14N2O2/c8-5-6-3-1-2-4-9(6)7(10)11/h6H,1-5,8H2,(H,10,11)/t6-/m1/s1. The van der Waals surface area contributed by atoms with Crippen LogP contribution < -0.4 is 5.73 Å². The fourth-order valence-corrected chi connectivity index (χ4v) is 1.50. The summed E-state index contributed by atoms with van der Waals surface area (Å²) in [5.74, 6) is 0. The Labute approximate surface area is 66.0 Å². The number of hydrogen-bond acceptors (Lipinski definition) is 2. The molecule has 4 heteroatoms. The van der Waals surface area contributed by atoms with Crippen molar-refractivity contribution >= 4 is 6.09 Å². The molecular formula is C7H14N2O2. The van der Waals surface area contributed by atoms with Gasteiger partial charge in [0.1, 0.15) is 0 Å². The Balaban J connectivity index is 2.51. The summed E-state index contributed by atoms with van der Waals surface area (Å²) in [5, 5.41) is 8.71. The van der Waals surface area contributed by atoms with Crippen molar-refractivity contribution in [2.75, 3.05) is 13.1 Å². The number of likely N-dealkylation sites (tertiary alicyclic amines) is 1. The van der Waals surface area contributed by atoms with Gasteiger partial charge in [-0.3, -0.25) is 0 Å². The minimum atomic E-state index is -0.833. The lowest BCUT2D eigenvalue weighted by Gasteiger charge is -2.32. The molecule has 1 heterocycles. The van der Waals surface area contributed by atoms with Gasteiger partial charge in [-0.15, -0.1) is 0 Å². The van der Waals surface area contributed by atoms with E-state index in [0.717, 1.165) is 19.3 Å². The average Bonchev–Trinajstić information content (AvgIpc) is 2.04. The lowest BCUT2D eigenvalue weighted by Crippen LogP contribution is -2.46. The van der Waals surface area contributed by atoms with Crippen LogP contribution in [0.1, 0.15) is 19.3 Å². The van der Waals surface area contributed by atoms with Crippen molar-refractivity contribution in [1.82, 2.24) is 4.90 Å². The first kappa shape index (κ1) is 8.33. The number of amides is 1. The Hall–Kier alpha value is -0.770. The van der Waals surface area contributed by atoms with Gasteiger partial charge >= 0.3 is 6.09 Å². The molecule has 64 valence electrons. The number of nitrogens with zero attached hydrogens (tertiary/aromatic N) is 1. The van der Waals surface area contributed by atoms with Gasteiger partial charge in [0.25, 0.3) is 0 Å². The first-order valence-electron chi connectivity index (χ1n) is 3.95. The van der Waals surface area contributed by atoms with Gasteiger partial charge in [0.15, 0.2) is 0 Å². The van der Waals surface area contributed by atoms with Gasteiger partial charge in [-0.05, 0) is 19.3 Å². The molecule has 1 rings (SSSR count). The van der Waals surface area contributed by atoms with Crippen LogP contribution in [0.4, 0.5) is 4.79 Å². The predicted octanol–water partition coefficient (Wildman–Crippen LogP) is 0.478. The van der Waals surface area contributed by atoms with Gasteiger partial charge in [0.05, 0.1) is 0 Å². The van der Waals surface area contributed by atoms with Crippen molar-refractivity contribution in [3.05, 3.63) is 0 Å². The number of piperidine rings is 1. The minimum absolute atomic E-state index is 0.0567. The van der Waals surface area contributed by atoms with Gasteiger partial charge in [0, 0.05) is 19.1 Å². The number of carbonyl (C=O) groups is 1. The van der Waals surface area contributed by atoms with E-state index < -0.39 is 6.09 Å². The van der Waals surface area contributed by atoms with Gasteiger partial charge in [-0.25, -0.2) is 4.79 Å². The van der Waals surface area contributed by atoms with Gasteiger partial charge in [0.2, 0.25) is 0 Å². The number of rotatable bonds is 1. The van der Waals surface area contributed by atoms with E-state index >= 15 is 0 Å². The summed E-state index contributed by atoms with van der Waals surface area (Å²) in [6.45, 7) is 1.10. The van der Waals surface area contributed by atoms with Crippen molar-refractivity contribution in [3.8, 4) is 0 Å². The zero-order valence-electron chi connectivity index (χ0n) is 6.49. The first-order valence-corrected chi connectivity index (χ1v) is 3.95. The maximum atomic E-state index is 10.6. The molecule has 1 aliphatic rings. The summed E-state index contributed by atoms with van der Waals surface area (Å²) >= 11 is 0. The lowest BCUT2D eigenvalue weighted by atomic mass is 10.0. The first-order chi connectivity index (χ1) is 5.25. The van der Waals surface area contributed by atoms with E-state index in [1.807, 2.05) is 0 Å². The zero-order chi connectivity index (χ0) is 8.27. The van der Waals surface area contributed by atoms with Crippen LogP contribution in [-0.2, 0) is 0 Å². The second-order valence-electron chi connectivity index (χ2n) is 2.86. The van der Waals surface area contributed by atoms with Crippen molar-refractivity contribution in [2.45, 2.75) is 25.3 Å². The minimum Gasteiger partial charge on any atom is -0.465 e. The van der Waals surface area contributed by atoms with E-state index in [-0.39, 0.29) is 6.04 Å². The largest absolute Gasteiger partial charge is 0.465 e. The lowest BCUT2D eigenvalue weighted by molar-refractivity contribution is 0.109. The van der Waals surface area contributed by atoms with E-state index in [4.69, 9.17) is 10.8 Å².